The van der Waals surface area contributed by atoms with E-state index in [4.69, 9.17) is 7.85 Å². The molecule has 0 aromatic rings. The van der Waals surface area contributed by atoms with Gasteiger partial charge in [0.2, 0.25) is 0 Å². The molecule has 1 heteroatoms. The summed E-state index contributed by atoms with van der Waals surface area (Å²) < 4.78 is 0. The van der Waals surface area contributed by atoms with Crippen LogP contribution >= 0.6 is 0 Å². The lowest BCUT2D eigenvalue weighted by Gasteiger charge is -2.39. The maximum absolute atomic E-state index is 5.91. The minimum absolute atomic E-state index is 0.958. The van der Waals surface area contributed by atoms with Crippen LogP contribution in [0.4, 0.5) is 0 Å². The average Bonchev–Trinajstić information content (AvgIpc) is 2.49. The van der Waals surface area contributed by atoms with Crippen LogP contribution in [0.1, 0.15) is 77.0 Å². The highest BCUT2D eigenvalue weighted by atomic mass is 14.4. The Labute approximate surface area is 120 Å². The van der Waals surface area contributed by atoms with Crippen molar-refractivity contribution in [2.75, 3.05) is 0 Å². The molecule has 2 saturated carbocycles. The Balaban J connectivity index is 1.46. The Morgan fingerprint density at radius 3 is 1.84 bits per heavy atom. The van der Waals surface area contributed by atoms with E-state index in [0.717, 1.165) is 35.6 Å². The zero-order chi connectivity index (χ0) is 13.1. The second-order valence-electron chi connectivity index (χ2n) is 7.39. The van der Waals surface area contributed by atoms with Crippen LogP contribution in [0.25, 0.3) is 0 Å². The van der Waals surface area contributed by atoms with Gasteiger partial charge < -0.3 is 0 Å². The van der Waals surface area contributed by atoms with Gasteiger partial charge in [0, 0.05) is 0 Å². The van der Waals surface area contributed by atoms with Gasteiger partial charge in [0.1, 0.15) is 7.85 Å². The Morgan fingerprint density at radius 1 is 0.684 bits per heavy atom. The third-order valence-corrected chi connectivity index (χ3v) is 6.29. The fourth-order valence-electron chi connectivity index (χ4n) is 5.00. The Hall–Kier alpha value is -0.195. The third kappa shape index (κ3) is 3.47. The van der Waals surface area contributed by atoms with Crippen LogP contribution in [0.5, 0.6) is 0 Å². The number of allylic oxidation sites excluding steroid dienone is 2. The lowest BCUT2D eigenvalue weighted by molar-refractivity contribution is 0.135. The molecule has 2 radical (unpaired) electrons. The summed E-state index contributed by atoms with van der Waals surface area (Å²) in [5, 5.41) is 0. The van der Waals surface area contributed by atoms with E-state index in [1.54, 1.807) is 0 Å². The molecule has 3 aliphatic carbocycles. The van der Waals surface area contributed by atoms with Gasteiger partial charge in [-0.2, -0.15) is 0 Å². The van der Waals surface area contributed by atoms with E-state index >= 15 is 0 Å². The second-order valence-corrected chi connectivity index (χ2v) is 7.39. The molecule has 0 heterocycles. The summed E-state index contributed by atoms with van der Waals surface area (Å²) in [6.07, 6.45) is 19.8. The average molecular weight is 256 g/mol. The van der Waals surface area contributed by atoms with Crippen molar-refractivity contribution in [2.45, 2.75) is 77.0 Å². The summed E-state index contributed by atoms with van der Waals surface area (Å²) in [7, 11) is 5.91. The van der Waals surface area contributed by atoms with Crippen molar-refractivity contribution < 1.29 is 0 Å². The SMILES string of the molecule is [B]C1=CCC(C2CCC(C3CCCCC3)CC2)CC1. The number of rotatable bonds is 2. The van der Waals surface area contributed by atoms with Gasteiger partial charge >= 0.3 is 0 Å². The molecule has 1 unspecified atom stereocenters. The van der Waals surface area contributed by atoms with E-state index in [2.05, 4.69) is 6.08 Å². The lowest BCUT2D eigenvalue weighted by Crippen LogP contribution is -2.27. The monoisotopic (exact) mass is 256 g/mol. The molecule has 0 N–H and O–H groups in total. The fourth-order valence-corrected chi connectivity index (χ4v) is 5.00. The van der Waals surface area contributed by atoms with Crippen molar-refractivity contribution >= 4 is 7.85 Å². The topological polar surface area (TPSA) is 0 Å². The second kappa shape index (κ2) is 6.50. The zero-order valence-electron chi connectivity index (χ0n) is 12.4. The predicted molar refractivity (Wildman–Crippen MR) is 83.2 cm³/mol. The predicted octanol–water partition coefficient (Wildman–Crippen LogP) is 5.23. The largest absolute Gasteiger partial charge is 0.122 e. The minimum atomic E-state index is 0.958. The summed E-state index contributed by atoms with van der Waals surface area (Å²) in [4.78, 5) is 0. The maximum atomic E-state index is 5.91. The van der Waals surface area contributed by atoms with Crippen LogP contribution in [-0.4, -0.2) is 7.85 Å². The molecule has 1 atom stereocenters. The maximum Gasteiger partial charge on any atom is 0.107 e. The van der Waals surface area contributed by atoms with Gasteiger partial charge in [0.15, 0.2) is 0 Å². The molecule has 3 rings (SSSR count). The van der Waals surface area contributed by atoms with Crippen LogP contribution in [0.3, 0.4) is 0 Å². The van der Waals surface area contributed by atoms with Crippen LogP contribution in [0.2, 0.25) is 0 Å². The van der Waals surface area contributed by atoms with Crippen molar-refractivity contribution in [3.63, 3.8) is 0 Å². The summed E-state index contributed by atoms with van der Waals surface area (Å²) in [5.74, 6) is 4.15. The standard InChI is InChI=1S/C18H29B/c19-18-12-10-17(11-13-18)16-8-6-15(7-9-16)14-4-2-1-3-5-14/h12,14-17H,1-11,13H2. The van der Waals surface area contributed by atoms with E-state index in [0.29, 0.717) is 0 Å². The van der Waals surface area contributed by atoms with Crippen molar-refractivity contribution in [2.24, 2.45) is 23.7 Å². The third-order valence-electron chi connectivity index (χ3n) is 6.29. The van der Waals surface area contributed by atoms with Crippen molar-refractivity contribution in [1.82, 2.24) is 0 Å². The van der Waals surface area contributed by atoms with Crippen LogP contribution in [0, 0.1) is 23.7 Å². The van der Waals surface area contributed by atoms with Gasteiger partial charge in [-0.05, 0) is 68.6 Å². The van der Waals surface area contributed by atoms with Crippen LogP contribution in [-0.2, 0) is 0 Å². The first-order valence-electron chi connectivity index (χ1n) is 8.77. The molecular formula is C18H29B. The highest BCUT2D eigenvalue weighted by Gasteiger charge is 2.31. The first-order chi connectivity index (χ1) is 9.33. The smallest absolute Gasteiger partial charge is 0.107 e. The zero-order valence-corrected chi connectivity index (χ0v) is 12.4. The molecule has 2 fully saturated rings. The molecule has 0 spiro atoms. The molecule has 0 saturated heterocycles. The summed E-state index contributed by atoms with van der Waals surface area (Å²) in [6.45, 7) is 0. The first kappa shape index (κ1) is 13.8. The van der Waals surface area contributed by atoms with Gasteiger partial charge in [-0.3, -0.25) is 0 Å². The highest BCUT2D eigenvalue weighted by molar-refractivity contribution is 6.21. The molecule has 0 aliphatic heterocycles. The molecule has 0 amide bonds. The molecule has 0 bridgehead atoms. The lowest BCUT2D eigenvalue weighted by atomic mass is 9.66. The molecule has 0 aromatic carbocycles. The summed E-state index contributed by atoms with van der Waals surface area (Å²) >= 11 is 0. The Bertz CT molecular complexity index is 306. The molecule has 0 nitrogen and oxygen atoms in total. The van der Waals surface area contributed by atoms with E-state index in [1.165, 1.54) is 70.6 Å². The minimum Gasteiger partial charge on any atom is -0.122 e. The molecule has 104 valence electrons. The van der Waals surface area contributed by atoms with Crippen molar-refractivity contribution in [3.8, 4) is 0 Å². The van der Waals surface area contributed by atoms with Gasteiger partial charge in [0.05, 0.1) is 0 Å². The quantitative estimate of drug-likeness (QED) is 0.594. The highest BCUT2D eigenvalue weighted by Crippen LogP contribution is 2.44. The van der Waals surface area contributed by atoms with Gasteiger partial charge in [-0.1, -0.05) is 38.2 Å². The number of hydrogen-bond donors (Lipinski definition) is 0. The van der Waals surface area contributed by atoms with Crippen molar-refractivity contribution in [3.05, 3.63) is 11.5 Å². The summed E-state index contributed by atoms with van der Waals surface area (Å²) in [5.41, 5.74) is 1.15. The van der Waals surface area contributed by atoms with Crippen LogP contribution < -0.4 is 0 Å². The molecule has 3 aliphatic rings. The molecule has 19 heavy (non-hydrogen) atoms. The van der Waals surface area contributed by atoms with Gasteiger partial charge in [-0.25, -0.2) is 0 Å². The van der Waals surface area contributed by atoms with E-state index in [-0.39, 0.29) is 0 Å². The van der Waals surface area contributed by atoms with E-state index < -0.39 is 0 Å². The fraction of sp³-hybridized carbons (Fsp3) is 0.889. The van der Waals surface area contributed by atoms with Crippen LogP contribution in [0.15, 0.2) is 11.5 Å². The Kier molecular flexibility index (Phi) is 4.71. The molecular weight excluding hydrogens is 227 g/mol. The van der Waals surface area contributed by atoms with E-state index in [9.17, 15) is 0 Å². The van der Waals surface area contributed by atoms with Crippen molar-refractivity contribution in [1.29, 1.82) is 0 Å². The Morgan fingerprint density at radius 2 is 1.26 bits per heavy atom. The number of hydrogen-bond acceptors (Lipinski definition) is 0. The molecule has 0 aromatic heterocycles. The first-order valence-corrected chi connectivity index (χ1v) is 8.77. The van der Waals surface area contributed by atoms with E-state index in [1.807, 2.05) is 0 Å². The normalized spacial score (nSPS) is 37.9. The summed E-state index contributed by atoms with van der Waals surface area (Å²) in [6, 6.07) is 0. The van der Waals surface area contributed by atoms with Gasteiger partial charge in [-0.15, -0.1) is 5.47 Å². The van der Waals surface area contributed by atoms with Gasteiger partial charge in [0.25, 0.3) is 0 Å².